The number of nitrogens with zero attached hydrogens (tertiary/aromatic N) is 1. The van der Waals surface area contributed by atoms with Crippen LogP contribution in [0.25, 0.3) is 0 Å². The molecule has 0 aromatic rings. The SMILES string of the molecule is O=C1COC=[N+]1[C-]1C=CC=CC1. The van der Waals surface area contributed by atoms with Gasteiger partial charge in [-0.25, -0.2) is 4.58 Å². The number of hydrogen-bond donors (Lipinski definition) is 0. The minimum Gasteiger partial charge on any atom is -0.487 e. The van der Waals surface area contributed by atoms with Crippen LogP contribution >= 0.6 is 0 Å². The lowest BCUT2D eigenvalue weighted by Gasteiger charge is -2.11. The second kappa shape index (κ2) is 2.85. The molecule has 2 aliphatic rings. The summed E-state index contributed by atoms with van der Waals surface area (Å²) >= 11 is 0. The molecule has 0 unspecified atom stereocenters. The number of hydrogen-bond acceptors (Lipinski definition) is 2. The fourth-order valence-electron chi connectivity index (χ4n) is 1.22. The molecular formula is C9H9NO2. The maximum absolute atomic E-state index is 11.2. The standard InChI is InChI=1S/C9H9NO2/c11-9-6-12-7-10(9)8-4-2-1-3-5-8/h1-4,7H,5-6H2. The fraction of sp³-hybridized carbons (Fsp3) is 0.222. The van der Waals surface area contributed by atoms with Crippen molar-refractivity contribution in [1.29, 1.82) is 0 Å². The zero-order valence-corrected chi connectivity index (χ0v) is 6.56. The number of rotatable bonds is 1. The Labute approximate surface area is 70.6 Å². The van der Waals surface area contributed by atoms with Crippen molar-refractivity contribution in [2.45, 2.75) is 6.42 Å². The van der Waals surface area contributed by atoms with E-state index in [1.54, 1.807) is 4.58 Å². The molecule has 0 aromatic heterocycles. The summed E-state index contributed by atoms with van der Waals surface area (Å²) in [6.45, 7) is 0.168. The van der Waals surface area contributed by atoms with E-state index in [0.717, 1.165) is 12.5 Å². The smallest absolute Gasteiger partial charge is 0.349 e. The Morgan fingerprint density at radius 3 is 3.00 bits per heavy atom. The maximum atomic E-state index is 11.2. The fourth-order valence-corrected chi connectivity index (χ4v) is 1.22. The number of carbonyl (C=O) groups is 1. The van der Waals surface area contributed by atoms with Crippen LogP contribution in [-0.2, 0) is 9.53 Å². The predicted octanol–water partition coefficient (Wildman–Crippen LogP) is 0.632. The first-order valence-corrected chi connectivity index (χ1v) is 3.84. The van der Waals surface area contributed by atoms with E-state index in [4.69, 9.17) is 4.74 Å². The van der Waals surface area contributed by atoms with Gasteiger partial charge >= 0.3 is 5.91 Å². The van der Waals surface area contributed by atoms with E-state index < -0.39 is 0 Å². The van der Waals surface area contributed by atoms with Gasteiger partial charge in [0.05, 0.1) is 0 Å². The summed E-state index contributed by atoms with van der Waals surface area (Å²) in [6.07, 6.45) is 10.1. The number of carbonyl (C=O) groups excluding carboxylic acids is 1. The second-order valence-electron chi connectivity index (χ2n) is 2.66. The van der Waals surface area contributed by atoms with Gasteiger partial charge in [0.15, 0.2) is 6.61 Å². The number of allylic oxidation sites excluding steroid dienone is 2. The van der Waals surface area contributed by atoms with Crippen LogP contribution in [0, 0.1) is 6.04 Å². The molecule has 62 valence electrons. The maximum Gasteiger partial charge on any atom is 0.349 e. The lowest BCUT2D eigenvalue weighted by molar-refractivity contribution is -0.419. The minimum absolute atomic E-state index is 0.00458. The van der Waals surface area contributed by atoms with E-state index in [0.29, 0.717) is 0 Å². The van der Waals surface area contributed by atoms with Crippen LogP contribution in [0.3, 0.4) is 0 Å². The first kappa shape index (κ1) is 7.16. The summed E-state index contributed by atoms with van der Waals surface area (Å²) in [4.78, 5) is 11.2. The van der Waals surface area contributed by atoms with Gasteiger partial charge in [0.1, 0.15) is 6.04 Å². The molecule has 0 spiro atoms. The summed E-state index contributed by atoms with van der Waals surface area (Å²) in [5.41, 5.74) is 0. The molecule has 2 rings (SSSR count). The molecule has 12 heavy (non-hydrogen) atoms. The molecule has 1 amide bonds. The van der Waals surface area contributed by atoms with Crippen molar-refractivity contribution in [3.8, 4) is 0 Å². The quantitative estimate of drug-likeness (QED) is 0.419. The number of amides is 1. The Kier molecular flexibility index (Phi) is 1.70. The highest BCUT2D eigenvalue weighted by atomic mass is 16.5. The van der Waals surface area contributed by atoms with E-state index in [1.807, 2.05) is 24.3 Å². The Morgan fingerprint density at radius 2 is 2.42 bits per heavy atom. The van der Waals surface area contributed by atoms with Crippen molar-refractivity contribution in [3.05, 3.63) is 30.3 Å². The molecule has 0 aromatic carbocycles. The summed E-state index contributed by atoms with van der Waals surface area (Å²) in [6, 6.07) is 0.972. The third-order valence-corrected chi connectivity index (χ3v) is 1.83. The summed E-state index contributed by atoms with van der Waals surface area (Å²) < 4.78 is 6.45. The molecule has 0 fully saturated rings. The third-order valence-electron chi connectivity index (χ3n) is 1.83. The summed E-state index contributed by atoms with van der Waals surface area (Å²) in [5.74, 6) is 0.00458. The van der Waals surface area contributed by atoms with Crippen LogP contribution in [0.2, 0.25) is 0 Å². The van der Waals surface area contributed by atoms with Gasteiger partial charge in [-0.2, -0.15) is 0 Å². The Balaban J connectivity index is 2.14. The van der Waals surface area contributed by atoms with Crippen LogP contribution < -0.4 is 0 Å². The van der Waals surface area contributed by atoms with E-state index >= 15 is 0 Å². The Hall–Kier alpha value is -1.51. The molecule has 0 radical (unpaired) electrons. The Morgan fingerprint density at radius 1 is 1.50 bits per heavy atom. The van der Waals surface area contributed by atoms with Crippen LogP contribution in [0.4, 0.5) is 0 Å². The van der Waals surface area contributed by atoms with Gasteiger partial charge in [0.2, 0.25) is 0 Å². The van der Waals surface area contributed by atoms with Crippen molar-refractivity contribution < 1.29 is 14.1 Å². The predicted molar refractivity (Wildman–Crippen MR) is 43.4 cm³/mol. The highest BCUT2D eigenvalue weighted by Crippen LogP contribution is 2.16. The van der Waals surface area contributed by atoms with Crippen molar-refractivity contribution in [3.63, 3.8) is 0 Å². The molecule has 3 nitrogen and oxygen atoms in total. The lowest BCUT2D eigenvalue weighted by Crippen LogP contribution is -2.22. The van der Waals surface area contributed by atoms with Crippen molar-refractivity contribution in [2.24, 2.45) is 0 Å². The van der Waals surface area contributed by atoms with Crippen molar-refractivity contribution in [2.75, 3.05) is 6.61 Å². The molecular weight excluding hydrogens is 154 g/mol. The molecule has 1 aliphatic heterocycles. The highest BCUT2D eigenvalue weighted by Gasteiger charge is 2.24. The van der Waals surface area contributed by atoms with Gasteiger partial charge in [-0.15, -0.1) is 12.2 Å². The topological polar surface area (TPSA) is 29.3 Å². The van der Waals surface area contributed by atoms with E-state index in [-0.39, 0.29) is 12.5 Å². The van der Waals surface area contributed by atoms with E-state index in [2.05, 4.69) is 0 Å². The van der Waals surface area contributed by atoms with Crippen molar-refractivity contribution in [1.82, 2.24) is 0 Å². The van der Waals surface area contributed by atoms with Gasteiger partial charge in [-0.05, 0) is 0 Å². The molecule has 0 N–H and O–H groups in total. The largest absolute Gasteiger partial charge is 0.487 e. The normalized spacial score (nSPS) is 21.2. The lowest BCUT2D eigenvalue weighted by atomic mass is 10.1. The third kappa shape index (κ3) is 1.13. The van der Waals surface area contributed by atoms with Crippen LogP contribution in [-0.4, -0.2) is 23.5 Å². The van der Waals surface area contributed by atoms with Gasteiger partial charge in [-0.1, -0.05) is 12.2 Å². The average Bonchev–Trinajstić information content (AvgIpc) is 2.53. The van der Waals surface area contributed by atoms with Gasteiger partial charge in [-0.3, -0.25) is 4.79 Å². The van der Waals surface area contributed by atoms with Crippen LogP contribution in [0.5, 0.6) is 0 Å². The molecule has 0 bridgehead atoms. The monoisotopic (exact) mass is 163 g/mol. The zero-order chi connectivity index (χ0) is 8.39. The first-order chi connectivity index (χ1) is 5.88. The second-order valence-corrected chi connectivity index (χ2v) is 2.66. The minimum atomic E-state index is 0.00458. The Bertz CT molecular complexity index is 289. The first-order valence-electron chi connectivity index (χ1n) is 3.84. The van der Waals surface area contributed by atoms with Gasteiger partial charge in [0.25, 0.3) is 6.40 Å². The van der Waals surface area contributed by atoms with Crippen LogP contribution in [0.15, 0.2) is 24.3 Å². The van der Waals surface area contributed by atoms with Crippen LogP contribution in [0.1, 0.15) is 6.42 Å². The van der Waals surface area contributed by atoms with Gasteiger partial charge < -0.3 is 4.74 Å². The van der Waals surface area contributed by atoms with Gasteiger partial charge in [0, 0.05) is 6.42 Å². The molecule has 3 heteroatoms. The molecule has 0 atom stereocenters. The van der Waals surface area contributed by atoms with Crippen molar-refractivity contribution >= 4 is 12.3 Å². The molecule has 1 heterocycles. The summed E-state index contributed by atoms with van der Waals surface area (Å²) in [7, 11) is 0. The molecule has 1 aliphatic carbocycles. The average molecular weight is 163 g/mol. The molecule has 0 saturated heterocycles. The highest BCUT2D eigenvalue weighted by molar-refractivity contribution is 5.77. The number of ether oxygens (including phenoxy) is 1. The van der Waals surface area contributed by atoms with E-state index in [9.17, 15) is 4.79 Å². The van der Waals surface area contributed by atoms with E-state index in [1.165, 1.54) is 6.40 Å². The molecule has 0 saturated carbocycles. The zero-order valence-electron chi connectivity index (χ0n) is 6.56. The summed E-state index contributed by atoms with van der Waals surface area (Å²) in [5, 5.41) is 0.